The van der Waals surface area contributed by atoms with Gasteiger partial charge in [-0.3, -0.25) is 11.3 Å². The molecule has 0 aliphatic heterocycles. The van der Waals surface area contributed by atoms with Gasteiger partial charge in [-0.15, -0.1) is 0 Å². The Balaban J connectivity index is 2.97. The van der Waals surface area contributed by atoms with Gasteiger partial charge in [-0.1, -0.05) is 32.4 Å². The average molecular weight is 210 g/mol. The molecule has 3 heteroatoms. The SMILES string of the molecule is CCC(C)C(NN)c1ccc(C)c(F)c1. The van der Waals surface area contributed by atoms with Gasteiger partial charge in [0.25, 0.3) is 0 Å². The molecular formula is C12H19FN2. The van der Waals surface area contributed by atoms with Crippen molar-refractivity contribution in [3.63, 3.8) is 0 Å². The zero-order valence-corrected chi connectivity index (χ0v) is 9.55. The van der Waals surface area contributed by atoms with Crippen molar-refractivity contribution in [2.45, 2.75) is 33.2 Å². The number of hydrogen-bond donors (Lipinski definition) is 2. The summed E-state index contributed by atoms with van der Waals surface area (Å²) in [7, 11) is 0. The van der Waals surface area contributed by atoms with E-state index < -0.39 is 0 Å². The largest absolute Gasteiger partial charge is 0.271 e. The van der Waals surface area contributed by atoms with E-state index in [0.717, 1.165) is 12.0 Å². The normalized spacial score (nSPS) is 15.0. The van der Waals surface area contributed by atoms with Crippen molar-refractivity contribution in [2.75, 3.05) is 0 Å². The molecule has 0 amide bonds. The van der Waals surface area contributed by atoms with Crippen LogP contribution in [-0.2, 0) is 0 Å². The second kappa shape index (κ2) is 5.24. The van der Waals surface area contributed by atoms with E-state index in [1.165, 1.54) is 0 Å². The molecule has 2 nitrogen and oxygen atoms in total. The third-order valence-corrected chi connectivity index (χ3v) is 2.95. The summed E-state index contributed by atoms with van der Waals surface area (Å²) >= 11 is 0. The van der Waals surface area contributed by atoms with E-state index >= 15 is 0 Å². The maximum atomic E-state index is 13.4. The summed E-state index contributed by atoms with van der Waals surface area (Å²) in [6, 6.07) is 5.29. The van der Waals surface area contributed by atoms with Crippen LogP contribution >= 0.6 is 0 Å². The van der Waals surface area contributed by atoms with Gasteiger partial charge < -0.3 is 0 Å². The summed E-state index contributed by atoms with van der Waals surface area (Å²) in [5, 5.41) is 0. The van der Waals surface area contributed by atoms with Gasteiger partial charge >= 0.3 is 0 Å². The molecule has 0 radical (unpaired) electrons. The van der Waals surface area contributed by atoms with Gasteiger partial charge in [0.2, 0.25) is 0 Å². The lowest BCUT2D eigenvalue weighted by Crippen LogP contribution is -2.32. The third kappa shape index (κ3) is 2.76. The maximum Gasteiger partial charge on any atom is 0.126 e. The summed E-state index contributed by atoms with van der Waals surface area (Å²) in [5.74, 6) is 5.71. The molecule has 1 rings (SSSR count). The predicted molar refractivity (Wildman–Crippen MR) is 60.7 cm³/mol. The van der Waals surface area contributed by atoms with Gasteiger partial charge in [-0.2, -0.15) is 0 Å². The van der Waals surface area contributed by atoms with E-state index in [0.29, 0.717) is 11.5 Å². The molecule has 0 saturated heterocycles. The highest BCUT2D eigenvalue weighted by Crippen LogP contribution is 2.24. The zero-order valence-electron chi connectivity index (χ0n) is 9.55. The second-order valence-corrected chi connectivity index (χ2v) is 4.04. The number of benzene rings is 1. The number of halogens is 1. The molecular weight excluding hydrogens is 191 g/mol. The van der Waals surface area contributed by atoms with E-state index in [2.05, 4.69) is 19.3 Å². The van der Waals surface area contributed by atoms with Crippen molar-refractivity contribution in [1.82, 2.24) is 5.43 Å². The zero-order chi connectivity index (χ0) is 11.4. The topological polar surface area (TPSA) is 38.0 Å². The highest BCUT2D eigenvalue weighted by atomic mass is 19.1. The lowest BCUT2D eigenvalue weighted by atomic mass is 9.92. The summed E-state index contributed by atoms with van der Waals surface area (Å²) < 4.78 is 13.4. The first-order chi connectivity index (χ1) is 7.10. The summed E-state index contributed by atoms with van der Waals surface area (Å²) in [6.07, 6.45) is 1.00. The number of nitrogens with one attached hydrogen (secondary N) is 1. The lowest BCUT2D eigenvalue weighted by Gasteiger charge is -2.22. The van der Waals surface area contributed by atoms with Crippen LogP contribution in [0.3, 0.4) is 0 Å². The van der Waals surface area contributed by atoms with Crippen molar-refractivity contribution < 1.29 is 4.39 Å². The first-order valence-corrected chi connectivity index (χ1v) is 5.32. The minimum absolute atomic E-state index is 0.0186. The molecule has 0 bridgehead atoms. The molecule has 0 saturated carbocycles. The maximum absolute atomic E-state index is 13.4. The van der Waals surface area contributed by atoms with Crippen molar-refractivity contribution in [1.29, 1.82) is 0 Å². The minimum atomic E-state index is -0.170. The lowest BCUT2D eigenvalue weighted by molar-refractivity contribution is 0.381. The van der Waals surface area contributed by atoms with Gasteiger partial charge in [0, 0.05) is 6.04 Å². The standard InChI is InChI=1S/C12H19FN2/c1-4-8(2)12(15-14)10-6-5-9(3)11(13)7-10/h5-8,12,15H,4,14H2,1-3H3. The van der Waals surface area contributed by atoms with Gasteiger partial charge in [0.05, 0.1) is 0 Å². The third-order valence-electron chi connectivity index (χ3n) is 2.95. The fourth-order valence-electron chi connectivity index (χ4n) is 1.63. The van der Waals surface area contributed by atoms with Crippen LogP contribution in [0.4, 0.5) is 4.39 Å². The molecule has 84 valence electrons. The van der Waals surface area contributed by atoms with Crippen LogP contribution in [0.25, 0.3) is 0 Å². The van der Waals surface area contributed by atoms with Crippen LogP contribution < -0.4 is 11.3 Å². The highest BCUT2D eigenvalue weighted by molar-refractivity contribution is 5.26. The molecule has 0 aliphatic rings. The van der Waals surface area contributed by atoms with E-state index in [9.17, 15) is 4.39 Å². The molecule has 1 aromatic rings. The Morgan fingerprint density at radius 3 is 2.60 bits per heavy atom. The quantitative estimate of drug-likeness (QED) is 0.592. The number of nitrogens with two attached hydrogens (primary N) is 1. The Hall–Kier alpha value is -0.930. The van der Waals surface area contributed by atoms with E-state index in [-0.39, 0.29) is 11.9 Å². The summed E-state index contributed by atoms with van der Waals surface area (Å²) in [5.41, 5.74) is 4.33. The Labute approximate surface area is 90.6 Å². The molecule has 0 fully saturated rings. The monoisotopic (exact) mass is 210 g/mol. The number of hydrazine groups is 1. The van der Waals surface area contributed by atoms with Gasteiger partial charge in [0.15, 0.2) is 0 Å². The van der Waals surface area contributed by atoms with Gasteiger partial charge in [0.1, 0.15) is 5.82 Å². The molecule has 3 N–H and O–H groups in total. The molecule has 0 heterocycles. The van der Waals surface area contributed by atoms with Crippen molar-refractivity contribution in [3.05, 3.63) is 35.1 Å². The van der Waals surface area contributed by atoms with Crippen molar-refractivity contribution in [2.24, 2.45) is 11.8 Å². The minimum Gasteiger partial charge on any atom is -0.271 e. The molecule has 0 spiro atoms. The van der Waals surface area contributed by atoms with E-state index in [4.69, 9.17) is 5.84 Å². The molecule has 0 aromatic heterocycles. The van der Waals surface area contributed by atoms with Crippen LogP contribution in [0.2, 0.25) is 0 Å². The number of rotatable bonds is 4. The van der Waals surface area contributed by atoms with Crippen LogP contribution in [0.5, 0.6) is 0 Å². The Bertz CT molecular complexity index is 325. The van der Waals surface area contributed by atoms with Crippen LogP contribution in [-0.4, -0.2) is 0 Å². The van der Waals surface area contributed by atoms with E-state index in [1.54, 1.807) is 19.1 Å². The number of hydrogen-bond acceptors (Lipinski definition) is 2. The van der Waals surface area contributed by atoms with Crippen LogP contribution in [0, 0.1) is 18.7 Å². The van der Waals surface area contributed by atoms with Gasteiger partial charge in [-0.05, 0) is 30.0 Å². The van der Waals surface area contributed by atoms with Crippen LogP contribution in [0.1, 0.15) is 37.4 Å². The Morgan fingerprint density at radius 2 is 2.13 bits per heavy atom. The molecule has 2 unspecified atom stereocenters. The Morgan fingerprint density at radius 1 is 1.47 bits per heavy atom. The Kier molecular flexibility index (Phi) is 4.24. The summed E-state index contributed by atoms with van der Waals surface area (Å²) in [4.78, 5) is 0. The molecule has 1 aromatic carbocycles. The molecule has 0 aliphatic carbocycles. The first-order valence-electron chi connectivity index (χ1n) is 5.32. The predicted octanol–water partition coefficient (Wildman–Crippen LogP) is 2.68. The highest BCUT2D eigenvalue weighted by Gasteiger charge is 2.17. The van der Waals surface area contributed by atoms with Crippen molar-refractivity contribution >= 4 is 0 Å². The summed E-state index contributed by atoms with van der Waals surface area (Å²) in [6.45, 7) is 5.95. The van der Waals surface area contributed by atoms with Crippen LogP contribution in [0.15, 0.2) is 18.2 Å². The first kappa shape index (κ1) is 12.1. The smallest absolute Gasteiger partial charge is 0.126 e. The average Bonchev–Trinajstić information content (AvgIpc) is 2.24. The second-order valence-electron chi connectivity index (χ2n) is 4.04. The van der Waals surface area contributed by atoms with E-state index in [1.807, 2.05) is 6.07 Å². The number of aryl methyl sites for hydroxylation is 1. The molecule has 15 heavy (non-hydrogen) atoms. The molecule has 2 atom stereocenters. The van der Waals surface area contributed by atoms with Gasteiger partial charge in [-0.25, -0.2) is 4.39 Å². The van der Waals surface area contributed by atoms with Crippen molar-refractivity contribution in [3.8, 4) is 0 Å². The fraction of sp³-hybridized carbons (Fsp3) is 0.500. The fourth-order valence-corrected chi connectivity index (χ4v) is 1.63.